The second-order valence-corrected chi connectivity index (χ2v) is 4.77. The molecule has 0 spiro atoms. The van der Waals surface area contributed by atoms with Crippen molar-refractivity contribution < 1.29 is 5.11 Å². The zero-order chi connectivity index (χ0) is 12.3. The number of anilines is 2. The number of para-hydroxylation sites is 1. The first-order valence-corrected chi connectivity index (χ1v) is 6.75. The van der Waals surface area contributed by atoms with Gasteiger partial charge in [-0.15, -0.1) is 11.8 Å². The van der Waals surface area contributed by atoms with Crippen LogP contribution in [0.25, 0.3) is 0 Å². The Morgan fingerprint density at radius 1 is 1.47 bits per heavy atom. The fourth-order valence-corrected chi connectivity index (χ4v) is 2.54. The molecule has 1 aromatic heterocycles. The zero-order valence-corrected chi connectivity index (χ0v) is 10.6. The van der Waals surface area contributed by atoms with Crippen molar-refractivity contribution in [1.82, 2.24) is 4.37 Å². The minimum atomic E-state index is -0.221. The first-order valence-electron chi connectivity index (χ1n) is 4.75. The van der Waals surface area contributed by atoms with E-state index in [2.05, 4.69) is 9.69 Å². The Kier molecular flexibility index (Phi) is 3.52. The summed E-state index contributed by atoms with van der Waals surface area (Å²) in [5.74, 6) is -0.221. The normalized spacial score (nSPS) is 9.88. The third-order valence-electron chi connectivity index (χ3n) is 2.14. The van der Waals surface area contributed by atoms with E-state index in [1.165, 1.54) is 0 Å². The van der Waals surface area contributed by atoms with E-state index in [9.17, 15) is 5.11 Å². The first kappa shape index (κ1) is 11.8. The summed E-state index contributed by atoms with van der Waals surface area (Å²) in [4.78, 5) is 1.07. The van der Waals surface area contributed by atoms with Crippen molar-refractivity contribution in [2.24, 2.45) is 0 Å². The Morgan fingerprint density at radius 2 is 2.24 bits per heavy atom. The van der Waals surface area contributed by atoms with Crippen molar-refractivity contribution in [3.05, 3.63) is 29.8 Å². The fourth-order valence-electron chi connectivity index (χ4n) is 1.34. The van der Waals surface area contributed by atoms with Gasteiger partial charge in [-0.05, 0) is 29.9 Å². The Bertz CT molecular complexity index is 574. The number of hydrogen-bond acceptors (Lipinski definition) is 6. The predicted octanol–water partition coefficient (Wildman–Crippen LogP) is 3.19. The second-order valence-electron chi connectivity index (χ2n) is 3.15. The molecule has 0 saturated carbocycles. The van der Waals surface area contributed by atoms with Crippen LogP contribution in [0.15, 0.2) is 29.2 Å². The highest BCUT2D eigenvalue weighted by Crippen LogP contribution is 2.34. The Morgan fingerprint density at radius 3 is 2.94 bits per heavy atom. The summed E-state index contributed by atoms with van der Waals surface area (Å²) in [6.07, 6.45) is 1.98. The van der Waals surface area contributed by atoms with Gasteiger partial charge in [-0.1, -0.05) is 12.1 Å². The lowest BCUT2D eigenvalue weighted by Crippen LogP contribution is -1.91. The number of nitrogens with one attached hydrogen (secondary N) is 1. The van der Waals surface area contributed by atoms with E-state index >= 15 is 0 Å². The summed E-state index contributed by atoms with van der Waals surface area (Å²) >= 11 is 2.68. The topological polar surface area (TPSA) is 68.9 Å². The molecule has 0 aliphatic rings. The van der Waals surface area contributed by atoms with E-state index < -0.39 is 0 Å². The van der Waals surface area contributed by atoms with Gasteiger partial charge in [-0.3, -0.25) is 0 Å². The molecule has 0 atom stereocenters. The lowest BCUT2D eigenvalue weighted by atomic mass is 10.3. The van der Waals surface area contributed by atoms with Crippen LogP contribution in [0.2, 0.25) is 0 Å². The number of benzene rings is 1. The molecule has 2 N–H and O–H groups in total. The van der Waals surface area contributed by atoms with Gasteiger partial charge in [0.15, 0.2) is 5.56 Å². The summed E-state index contributed by atoms with van der Waals surface area (Å²) in [6, 6.07) is 9.70. The Balaban J connectivity index is 2.35. The molecule has 0 amide bonds. The molecule has 0 aliphatic heterocycles. The van der Waals surface area contributed by atoms with Crippen LogP contribution >= 0.6 is 23.3 Å². The fraction of sp³-hybridized carbons (Fsp3) is 0.0909. The number of nitrogens with zero attached hydrogens (tertiary/aromatic N) is 2. The van der Waals surface area contributed by atoms with E-state index in [-0.39, 0.29) is 11.4 Å². The van der Waals surface area contributed by atoms with E-state index in [1.54, 1.807) is 11.8 Å². The zero-order valence-electron chi connectivity index (χ0n) is 8.97. The third kappa shape index (κ3) is 2.35. The number of nitriles is 1. The molecule has 17 heavy (non-hydrogen) atoms. The molecule has 2 rings (SSSR count). The van der Waals surface area contributed by atoms with E-state index in [4.69, 9.17) is 5.26 Å². The van der Waals surface area contributed by atoms with Crippen molar-refractivity contribution >= 4 is 34.0 Å². The van der Waals surface area contributed by atoms with Gasteiger partial charge in [0.05, 0.1) is 5.69 Å². The van der Waals surface area contributed by atoms with E-state index in [0.29, 0.717) is 5.00 Å². The smallest absolute Gasteiger partial charge is 0.243 e. The molecule has 6 heteroatoms. The molecule has 2 aromatic rings. The number of aromatic nitrogens is 1. The molecular formula is C11H9N3OS2. The minimum Gasteiger partial charge on any atom is -0.492 e. The van der Waals surface area contributed by atoms with Crippen LogP contribution in [0.5, 0.6) is 5.88 Å². The van der Waals surface area contributed by atoms with Gasteiger partial charge in [0.2, 0.25) is 5.88 Å². The van der Waals surface area contributed by atoms with Crippen LogP contribution in [-0.4, -0.2) is 15.7 Å². The SMILES string of the molecule is CSc1ccccc1Nc1snc(O)c1C#N. The largest absolute Gasteiger partial charge is 0.492 e. The van der Waals surface area contributed by atoms with Gasteiger partial charge in [0, 0.05) is 4.90 Å². The highest BCUT2D eigenvalue weighted by atomic mass is 32.2. The highest BCUT2D eigenvalue weighted by molar-refractivity contribution is 7.98. The van der Waals surface area contributed by atoms with Crippen LogP contribution < -0.4 is 5.32 Å². The van der Waals surface area contributed by atoms with E-state index in [1.807, 2.05) is 36.6 Å². The average molecular weight is 263 g/mol. The quantitative estimate of drug-likeness (QED) is 0.832. The van der Waals surface area contributed by atoms with Crippen molar-refractivity contribution in [2.75, 3.05) is 11.6 Å². The van der Waals surface area contributed by atoms with Crippen LogP contribution in [-0.2, 0) is 0 Å². The van der Waals surface area contributed by atoms with Crippen molar-refractivity contribution in [1.29, 1.82) is 5.26 Å². The molecule has 86 valence electrons. The second kappa shape index (κ2) is 5.08. The third-order valence-corrected chi connectivity index (χ3v) is 3.69. The summed E-state index contributed by atoms with van der Waals surface area (Å²) in [5, 5.41) is 21.9. The molecule has 0 fully saturated rings. The van der Waals surface area contributed by atoms with Gasteiger partial charge in [-0.2, -0.15) is 9.64 Å². The average Bonchev–Trinajstić information content (AvgIpc) is 2.70. The van der Waals surface area contributed by atoms with Crippen LogP contribution in [0.3, 0.4) is 0 Å². The minimum absolute atomic E-state index is 0.186. The number of thioether (sulfide) groups is 1. The maximum atomic E-state index is 9.37. The molecule has 1 heterocycles. The van der Waals surface area contributed by atoms with E-state index in [0.717, 1.165) is 22.1 Å². The monoisotopic (exact) mass is 263 g/mol. The van der Waals surface area contributed by atoms with Gasteiger partial charge in [0.25, 0.3) is 0 Å². The van der Waals surface area contributed by atoms with Gasteiger partial charge in [0.1, 0.15) is 11.1 Å². The lowest BCUT2D eigenvalue weighted by Gasteiger charge is -2.07. The molecule has 1 aromatic carbocycles. The number of rotatable bonds is 3. The summed E-state index contributed by atoms with van der Waals surface area (Å²) in [5.41, 5.74) is 1.09. The highest BCUT2D eigenvalue weighted by Gasteiger charge is 2.13. The molecule has 4 nitrogen and oxygen atoms in total. The molecule has 0 bridgehead atoms. The lowest BCUT2D eigenvalue weighted by molar-refractivity contribution is 0.458. The Labute approximate surface area is 107 Å². The van der Waals surface area contributed by atoms with Crippen LogP contribution in [0.4, 0.5) is 10.7 Å². The van der Waals surface area contributed by atoms with Crippen molar-refractivity contribution in [2.45, 2.75) is 4.90 Å². The molecule has 0 aliphatic carbocycles. The summed E-state index contributed by atoms with van der Waals surface area (Å²) in [6.45, 7) is 0. The van der Waals surface area contributed by atoms with Gasteiger partial charge < -0.3 is 10.4 Å². The number of hydrogen-bond donors (Lipinski definition) is 2. The Hall–Kier alpha value is -1.71. The van der Waals surface area contributed by atoms with Gasteiger partial charge in [-0.25, -0.2) is 0 Å². The molecule has 0 radical (unpaired) electrons. The maximum absolute atomic E-state index is 9.37. The van der Waals surface area contributed by atoms with Crippen LogP contribution in [0, 0.1) is 11.3 Å². The number of aromatic hydroxyl groups is 1. The molecular weight excluding hydrogens is 254 g/mol. The van der Waals surface area contributed by atoms with Crippen molar-refractivity contribution in [3.63, 3.8) is 0 Å². The van der Waals surface area contributed by atoms with Gasteiger partial charge >= 0.3 is 0 Å². The van der Waals surface area contributed by atoms with Crippen molar-refractivity contribution in [3.8, 4) is 11.9 Å². The standard InChI is InChI=1S/C11H9N3OS2/c1-16-9-5-3-2-4-8(9)13-11-7(6-12)10(15)14-17-11/h2-5,13H,1H3,(H,14,15). The summed E-state index contributed by atoms with van der Waals surface area (Å²) < 4.78 is 3.74. The van der Waals surface area contributed by atoms with Crippen LogP contribution in [0.1, 0.15) is 5.56 Å². The predicted molar refractivity (Wildman–Crippen MR) is 70.0 cm³/mol. The molecule has 0 saturated heterocycles. The summed E-state index contributed by atoms with van der Waals surface area (Å²) in [7, 11) is 0. The molecule has 0 unspecified atom stereocenters. The maximum Gasteiger partial charge on any atom is 0.243 e. The first-order chi connectivity index (χ1) is 8.26.